The third-order valence-corrected chi connectivity index (χ3v) is 6.62. The summed E-state index contributed by atoms with van der Waals surface area (Å²) in [6, 6.07) is 8.53. The topological polar surface area (TPSA) is 88.6 Å². The molecule has 1 saturated heterocycles. The molecule has 3 rings (SSSR count). The number of morpholine rings is 1. The summed E-state index contributed by atoms with van der Waals surface area (Å²) in [5, 5.41) is 3.18. The van der Waals surface area contributed by atoms with Crippen molar-refractivity contribution in [2.24, 2.45) is 0 Å². The number of anilines is 1. The number of hydrogen-bond donors (Lipinski definition) is 1. The van der Waals surface area contributed by atoms with Crippen LogP contribution in [0.5, 0.6) is 0 Å². The minimum absolute atomic E-state index is 0.0972. The van der Waals surface area contributed by atoms with E-state index >= 15 is 0 Å². The molecule has 1 aromatic heterocycles. The van der Waals surface area contributed by atoms with E-state index < -0.39 is 10.0 Å². The Morgan fingerprint density at radius 2 is 1.89 bits per heavy atom. The Hall–Kier alpha value is -2.01. The van der Waals surface area contributed by atoms with Crippen LogP contribution in [0, 0.1) is 5.82 Å². The number of pyridine rings is 1. The van der Waals surface area contributed by atoms with Crippen molar-refractivity contribution in [3.05, 3.63) is 48.4 Å². The van der Waals surface area contributed by atoms with Crippen molar-refractivity contribution < 1.29 is 22.3 Å². The summed E-state index contributed by atoms with van der Waals surface area (Å²) in [4.78, 5) is 16.2. The second-order valence-electron chi connectivity index (χ2n) is 5.69. The van der Waals surface area contributed by atoms with Crippen LogP contribution in [-0.4, -0.2) is 55.7 Å². The molecule has 0 spiro atoms. The zero-order valence-electron chi connectivity index (χ0n) is 14.3. The van der Waals surface area contributed by atoms with Gasteiger partial charge < -0.3 is 10.1 Å². The molecule has 10 heteroatoms. The number of rotatable bonds is 6. The van der Waals surface area contributed by atoms with Crippen LogP contribution in [0.15, 0.2) is 52.5 Å². The molecule has 0 aliphatic carbocycles. The number of nitrogens with zero attached hydrogens (tertiary/aromatic N) is 2. The molecule has 0 radical (unpaired) electrons. The number of amides is 1. The van der Waals surface area contributed by atoms with Crippen LogP contribution in [0.1, 0.15) is 0 Å². The van der Waals surface area contributed by atoms with E-state index in [2.05, 4.69) is 10.3 Å². The molecule has 7 nitrogen and oxygen atoms in total. The Balaban J connectivity index is 1.55. The van der Waals surface area contributed by atoms with Gasteiger partial charge in [0, 0.05) is 25.0 Å². The van der Waals surface area contributed by atoms with Gasteiger partial charge in [0.1, 0.15) is 10.7 Å². The van der Waals surface area contributed by atoms with Gasteiger partial charge in [-0.3, -0.25) is 4.79 Å². The highest BCUT2D eigenvalue weighted by Gasteiger charge is 2.26. The molecule has 0 saturated carbocycles. The molecule has 1 fully saturated rings. The van der Waals surface area contributed by atoms with Crippen LogP contribution in [-0.2, 0) is 19.6 Å². The number of aromatic nitrogens is 1. The first-order chi connectivity index (χ1) is 12.9. The first kappa shape index (κ1) is 19.7. The molecule has 2 heterocycles. The standard InChI is InChI=1S/C17H18FN3O4S2/c18-13-1-3-14(4-2-13)20-16(22)12-26-17-6-5-15(11-19-17)27(23,24)21-7-9-25-10-8-21/h1-6,11H,7-10,12H2,(H,20,22). The van der Waals surface area contributed by atoms with Gasteiger partial charge in [0.25, 0.3) is 0 Å². The quantitative estimate of drug-likeness (QED) is 0.731. The molecule has 1 aliphatic rings. The molecule has 1 aromatic carbocycles. The molecule has 144 valence electrons. The Labute approximate surface area is 161 Å². The van der Waals surface area contributed by atoms with Crippen molar-refractivity contribution in [3.8, 4) is 0 Å². The average Bonchev–Trinajstić information content (AvgIpc) is 2.69. The number of halogens is 1. The summed E-state index contributed by atoms with van der Waals surface area (Å²) >= 11 is 1.18. The van der Waals surface area contributed by atoms with Gasteiger partial charge in [0.15, 0.2) is 0 Å². The lowest BCUT2D eigenvalue weighted by Crippen LogP contribution is -2.40. The Morgan fingerprint density at radius 3 is 2.52 bits per heavy atom. The summed E-state index contributed by atoms with van der Waals surface area (Å²) in [6.45, 7) is 1.40. The summed E-state index contributed by atoms with van der Waals surface area (Å²) in [5.41, 5.74) is 0.502. The van der Waals surface area contributed by atoms with Crippen molar-refractivity contribution in [1.29, 1.82) is 0 Å². The third-order valence-electron chi connectivity index (χ3n) is 3.80. The second kappa shape index (κ2) is 8.79. The molecule has 1 aliphatic heterocycles. The summed E-state index contributed by atoms with van der Waals surface area (Å²) in [7, 11) is -3.58. The lowest BCUT2D eigenvalue weighted by atomic mass is 10.3. The van der Waals surface area contributed by atoms with Gasteiger partial charge in [0.2, 0.25) is 15.9 Å². The molecule has 2 aromatic rings. The number of hydrogen-bond acceptors (Lipinski definition) is 6. The number of carbonyl (C=O) groups is 1. The van der Waals surface area contributed by atoms with Crippen LogP contribution in [0.2, 0.25) is 0 Å². The average molecular weight is 411 g/mol. The van der Waals surface area contributed by atoms with E-state index in [9.17, 15) is 17.6 Å². The Kier molecular flexibility index (Phi) is 6.42. The Morgan fingerprint density at radius 1 is 1.19 bits per heavy atom. The fraction of sp³-hybridized carbons (Fsp3) is 0.294. The molecule has 1 N–H and O–H groups in total. The third kappa shape index (κ3) is 5.25. The summed E-state index contributed by atoms with van der Waals surface area (Å²) < 4.78 is 44.4. The molecular formula is C17H18FN3O4S2. The predicted octanol–water partition coefficient (Wildman–Crippen LogP) is 1.97. The smallest absolute Gasteiger partial charge is 0.244 e. The van der Waals surface area contributed by atoms with Crippen molar-refractivity contribution in [3.63, 3.8) is 0 Å². The highest BCUT2D eigenvalue weighted by atomic mass is 32.2. The molecular weight excluding hydrogens is 393 g/mol. The van der Waals surface area contributed by atoms with E-state index in [1.165, 1.54) is 52.6 Å². The van der Waals surface area contributed by atoms with Crippen LogP contribution in [0.25, 0.3) is 0 Å². The van der Waals surface area contributed by atoms with E-state index in [-0.39, 0.29) is 22.4 Å². The maximum Gasteiger partial charge on any atom is 0.244 e. The van der Waals surface area contributed by atoms with E-state index in [4.69, 9.17) is 4.74 Å². The lowest BCUT2D eigenvalue weighted by Gasteiger charge is -2.25. The van der Waals surface area contributed by atoms with Crippen molar-refractivity contribution >= 4 is 33.4 Å². The lowest BCUT2D eigenvalue weighted by molar-refractivity contribution is -0.113. The van der Waals surface area contributed by atoms with Gasteiger partial charge in [-0.25, -0.2) is 17.8 Å². The number of thioether (sulfide) groups is 1. The molecule has 0 atom stereocenters. The first-order valence-corrected chi connectivity index (χ1v) is 10.6. The van der Waals surface area contributed by atoms with Gasteiger partial charge in [-0.15, -0.1) is 0 Å². The molecule has 1 amide bonds. The van der Waals surface area contributed by atoms with Crippen LogP contribution >= 0.6 is 11.8 Å². The zero-order chi connectivity index (χ0) is 19.3. The van der Waals surface area contributed by atoms with Crippen molar-refractivity contribution in [2.75, 3.05) is 37.4 Å². The molecule has 0 bridgehead atoms. The maximum absolute atomic E-state index is 12.9. The highest BCUT2D eigenvalue weighted by molar-refractivity contribution is 7.99. The van der Waals surface area contributed by atoms with E-state index in [1.807, 2.05) is 0 Å². The van der Waals surface area contributed by atoms with Crippen LogP contribution in [0.4, 0.5) is 10.1 Å². The number of carbonyl (C=O) groups excluding carboxylic acids is 1. The first-order valence-electron chi connectivity index (χ1n) is 8.17. The van der Waals surface area contributed by atoms with Crippen molar-refractivity contribution in [2.45, 2.75) is 9.92 Å². The van der Waals surface area contributed by atoms with Crippen LogP contribution in [0.3, 0.4) is 0 Å². The van der Waals surface area contributed by atoms with Crippen molar-refractivity contribution in [1.82, 2.24) is 9.29 Å². The summed E-state index contributed by atoms with van der Waals surface area (Å²) in [6.07, 6.45) is 1.30. The highest BCUT2D eigenvalue weighted by Crippen LogP contribution is 2.20. The predicted molar refractivity (Wildman–Crippen MR) is 99.6 cm³/mol. The monoisotopic (exact) mass is 411 g/mol. The molecule has 0 unspecified atom stereocenters. The second-order valence-corrected chi connectivity index (χ2v) is 8.63. The van der Waals surface area contributed by atoms with Gasteiger partial charge >= 0.3 is 0 Å². The van der Waals surface area contributed by atoms with E-state index in [1.54, 1.807) is 6.07 Å². The largest absolute Gasteiger partial charge is 0.379 e. The number of ether oxygens (including phenoxy) is 1. The van der Waals surface area contributed by atoms with Gasteiger partial charge in [-0.2, -0.15) is 4.31 Å². The van der Waals surface area contributed by atoms with Crippen LogP contribution < -0.4 is 5.32 Å². The fourth-order valence-electron chi connectivity index (χ4n) is 2.41. The number of nitrogens with one attached hydrogen (secondary N) is 1. The summed E-state index contributed by atoms with van der Waals surface area (Å²) in [5.74, 6) is -0.544. The Bertz CT molecular complexity index is 883. The fourth-order valence-corrected chi connectivity index (χ4v) is 4.41. The molecule has 27 heavy (non-hydrogen) atoms. The van der Waals surface area contributed by atoms with Gasteiger partial charge in [-0.05, 0) is 36.4 Å². The zero-order valence-corrected chi connectivity index (χ0v) is 15.9. The number of sulfonamides is 1. The maximum atomic E-state index is 12.9. The van der Waals surface area contributed by atoms with Gasteiger partial charge in [0.05, 0.1) is 24.0 Å². The number of benzene rings is 1. The van der Waals surface area contributed by atoms with E-state index in [0.29, 0.717) is 37.0 Å². The normalized spacial score (nSPS) is 15.4. The minimum atomic E-state index is -3.58. The SMILES string of the molecule is O=C(CSc1ccc(S(=O)(=O)N2CCOCC2)cn1)Nc1ccc(F)cc1. The van der Waals surface area contributed by atoms with Gasteiger partial charge in [-0.1, -0.05) is 11.8 Å². The minimum Gasteiger partial charge on any atom is -0.379 e. The van der Waals surface area contributed by atoms with E-state index in [0.717, 1.165) is 0 Å².